The fraction of sp³-hybridized carbons (Fsp3) is 0.778. The van der Waals surface area contributed by atoms with Crippen LogP contribution < -0.4 is 11.1 Å². The smallest absolute Gasteiger partial charge is 0.305 e. The number of nitrogens with two attached hydrogens (primary N) is 1. The Morgan fingerprint density at radius 2 is 2.07 bits per heavy atom. The lowest BCUT2D eigenvalue weighted by Crippen LogP contribution is -2.34. The molecule has 0 aromatic heterocycles. The van der Waals surface area contributed by atoms with Crippen LogP contribution in [-0.4, -0.2) is 29.6 Å². The minimum Gasteiger partial charge on any atom is -0.481 e. The van der Waals surface area contributed by atoms with Gasteiger partial charge in [-0.1, -0.05) is 0 Å². The van der Waals surface area contributed by atoms with E-state index in [0.717, 1.165) is 12.8 Å². The Labute approximate surface area is 83.7 Å². The topological polar surface area (TPSA) is 92.4 Å². The van der Waals surface area contributed by atoms with E-state index >= 15 is 0 Å². The van der Waals surface area contributed by atoms with Gasteiger partial charge in [0.1, 0.15) is 0 Å². The molecule has 0 spiro atoms. The Balaban J connectivity index is 3.55. The van der Waals surface area contributed by atoms with Crippen LogP contribution in [0.15, 0.2) is 0 Å². The highest BCUT2D eigenvalue weighted by Crippen LogP contribution is 1.96. The minimum absolute atomic E-state index is 0.0391. The zero-order valence-corrected chi connectivity index (χ0v) is 8.45. The molecule has 1 atom stereocenters. The molecule has 14 heavy (non-hydrogen) atoms. The van der Waals surface area contributed by atoms with E-state index in [1.54, 1.807) is 6.92 Å². The van der Waals surface area contributed by atoms with Crippen molar-refractivity contribution in [3.05, 3.63) is 0 Å². The van der Waals surface area contributed by atoms with Crippen molar-refractivity contribution in [3.8, 4) is 0 Å². The highest BCUT2D eigenvalue weighted by Gasteiger charge is 2.09. The molecule has 0 radical (unpaired) electrons. The number of carbonyl (C=O) groups excluding carboxylic acids is 1. The summed E-state index contributed by atoms with van der Waals surface area (Å²) >= 11 is 0. The average Bonchev–Trinajstić information content (AvgIpc) is 2.02. The summed E-state index contributed by atoms with van der Waals surface area (Å²) in [6.45, 7) is 2.26. The van der Waals surface area contributed by atoms with Gasteiger partial charge in [0.2, 0.25) is 5.91 Å². The van der Waals surface area contributed by atoms with Gasteiger partial charge in [-0.3, -0.25) is 9.59 Å². The summed E-state index contributed by atoms with van der Waals surface area (Å²) in [5.74, 6) is -1.01. The van der Waals surface area contributed by atoms with E-state index in [-0.39, 0.29) is 18.4 Å². The fourth-order valence-electron chi connectivity index (χ4n) is 1.09. The van der Waals surface area contributed by atoms with Crippen molar-refractivity contribution in [1.82, 2.24) is 5.32 Å². The number of carboxylic acids is 1. The highest BCUT2D eigenvalue weighted by atomic mass is 16.4. The average molecular weight is 202 g/mol. The Morgan fingerprint density at radius 3 is 2.57 bits per heavy atom. The summed E-state index contributed by atoms with van der Waals surface area (Å²) in [7, 11) is 0. The first kappa shape index (κ1) is 12.9. The number of aliphatic carboxylic acids is 1. The summed E-state index contributed by atoms with van der Waals surface area (Å²) in [6, 6.07) is -0.308. The van der Waals surface area contributed by atoms with Crippen molar-refractivity contribution in [2.45, 2.75) is 38.6 Å². The van der Waals surface area contributed by atoms with Crippen LogP contribution in [0.25, 0.3) is 0 Å². The number of hydrogen-bond acceptors (Lipinski definition) is 3. The third-order valence-corrected chi connectivity index (χ3v) is 1.75. The van der Waals surface area contributed by atoms with E-state index in [0.29, 0.717) is 13.0 Å². The van der Waals surface area contributed by atoms with Crippen LogP contribution in [0, 0.1) is 0 Å². The van der Waals surface area contributed by atoms with Crippen LogP contribution in [0.5, 0.6) is 0 Å². The first-order chi connectivity index (χ1) is 6.56. The van der Waals surface area contributed by atoms with Gasteiger partial charge in [0.05, 0.1) is 6.42 Å². The van der Waals surface area contributed by atoms with E-state index in [1.165, 1.54) is 0 Å². The van der Waals surface area contributed by atoms with E-state index in [1.807, 2.05) is 0 Å². The fourth-order valence-corrected chi connectivity index (χ4v) is 1.09. The van der Waals surface area contributed by atoms with Crippen molar-refractivity contribution < 1.29 is 14.7 Å². The Bertz CT molecular complexity index is 194. The highest BCUT2D eigenvalue weighted by molar-refractivity contribution is 5.77. The monoisotopic (exact) mass is 202 g/mol. The minimum atomic E-state index is -0.903. The lowest BCUT2D eigenvalue weighted by Gasteiger charge is -2.10. The molecule has 1 unspecified atom stereocenters. The number of carbonyl (C=O) groups is 2. The number of amides is 1. The van der Waals surface area contributed by atoms with Gasteiger partial charge in [0, 0.05) is 12.5 Å². The molecule has 0 aliphatic carbocycles. The number of unbranched alkanes of at least 4 members (excludes halogenated alkanes) is 1. The predicted octanol–water partition coefficient (Wildman–Crippen LogP) is 0.0948. The van der Waals surface area contributed by atoms with E-state index < -0.39 is 5.97 Å². The summed E-state index contributed by atoms with van der Waals surface area (Å²) < 4.78 is 0. The maximum Gasteiger partial charge on any atom is 0.305 e. The second kappa shape index (κ2) is 7.32. The molecular formula is C9H18N2O3. The van der Waals surface area contributed by atoms with Crippen molar-refractivity contribution >= 4 is 11.9 Å². The summed E-state index contributed by atoms with van der Waals surface area (Å²) in [6.07, 6.45) is 1.95. The lowest BCUT2D eigenvalue weighted by molar-refractivity contribution is -0.137. The van der Waals surface area contributed by atoms with Gasteiger partial charge in [0.25, 0.3) is 0 Å². The largest absolute Gasteiger partial charge is 0.481 e. The standard InChI is InChI=1S/C9H18N2O3/c1-7(6-9(13)14)11-8(12)4-2-3-5-10/h7H,2-6,10H2,1H3,(H,11,12)(H,13,14). The third-order valence-electron chi connectivity index (χ3n) is 1.75. The third kappa shape index (κ3) is 7.54. The molecular weight excluding hydrogens is 184 g/mol. The first-order valence-corrected chi connectivity index (χ1v) is 4.77. The zero-order chi connectivity index (χ0) is 11.0. The molecule has 0 bridgehead atoms. The number of carboxylic acid groups (broad SMARTS) is 1. The van der Waals surface area contributed by atoms with Crippen molar-refractivity contribution in [2.75, 3.05) is 6.54 Å². The van der Waals surface area contributed by atoms with Gasteiger partial charge in [-0.25, -0.2) is 0 Å². The van der Waals surface area contributed by atoms with Gasteiger partial charge in [-0.15, -0.1) is 0 Å². The molecule has 1 amide bonds. The molecule has 0 rings (SSSR count). The predicted molar refractivity (Wildman–Crippen MR) is 52.8 cm³/mol. The second-order valence-corrected chi connectivity index (χ2v) is 3.31. The van der Waals surface area contributed by atoms with Crippen LogP contribution in [0.1, 0.15) is 32.6 Å². The van der Waals surface area contributed by atoms with E-state index in [4.69, 9.17) is 10.8 Å². The van der Waals surface area contributed by atoms with Crippen LogP contribution in [0.2, 0.25) is 0 Å². The van der Waals surface area contributed by atoms with Crippen molar-refractivity contribution in [3.63, 3.8) is 0 Å². The molecule has 5 heteroatoms. The molecule has 0 saturated heterocycles. The molecule has 0 aromatic rings. The first-order valence-electron chi connectivity index (χ1n) is 4.77. The Morgan fingerprint density at radius 1 is 1.43 bits per heavy atom. The van der Waals surface area contributed by atoms with Gasteiger partial charge in [-0.05, 0) is 26.3 Å². The van der Waals surface area contributed by atoms with Crippen LogP contribution in [-0.2, 0) is 9.59 Å². The van der Waals surface area contributed by atoms with Crippen molar-refractivity contribution in [1.29, 1.82) is 0 Å². The lowest BCUT2D eigenvalue weighted by atomic mass is 10.2. The number of nitrogens with one attached hydrogen (secondary N) is 1. The molecule has 0 fully saturated rings. The Hall–Kier alpha value is -1.10. The van der Waals surface area contributed by atoms with E-state index in [9.17, 15) is 9.59 Å². The molecule has 4 N–H and O–H groups in total. The molecule has 82 valence electrons. The SMILES string of the molecule is CC(CC(=O)O)NC(=O)CCCCN. The Kier molecular flexibility index (Phi) is 6.74. The van der Waals surface area contributed by atoms with Crippen molar-refractivity contribution in [2.24, 2.45) is 5.73 Å². The van der Waals surface area contributed by atoms with Gasteiger partial charge in [0.15, 0.2) is 0 Å². The molecule has 0 aliphatic rings. The maximum absolute atomic E-state index is 11.2. The normalized spacial score (nSPS) is 12.1. The maximum atomic E-state index is 11.2. The van der Waals surface area contributed by atoms with Gasteiger partial charge >= 0.3 is 5.97 Å². The second-order valence-electron chi connectivity index (χ2n) is 3.31. The molecule has 0 aliphatic heterocycles. The molecule has 0 aromatic carbocycles. The summed E-state index contributed by atoms with van der Waals surface area (Å²) in [5, 5.41) is 11.1. The quantitative estimate of drug-likeness (QED) is 0.510. The molecule has 5 nitrogen and oxygen atoms in total. The molecule has 0 heterocycles. The number of hydrogen-bond donors (Lipinski definition) is 3. The zero-order valence-electron chi connectivity index (χ0n) is 8.45. The van der Waals surface area contributed by atoms with Crippen LogP contribution >= 0.6 is 0 Å². The van der Waals surface area contributed by atoms with Crippen LogP contribution in [0.3, 0.4) is 0 Å². The van der Waals surface area contributed by atoms with E-state index in [2.05, 4.69) is 5.32 Å². The molecule has 0 saturated carbocycles. The van der Waals surface area contributed by atoms with Gasteiger partial charge in [-0.2, -0.15) is 0 Å². The van der Waals surface area contributed by atoms with Crippen LogP contribution in [0.4, 0.5) is 0 Å². The summed E-state index contributed by atoms with van der Waals surface area (Å²) in [5.41, 5.74) is 5.27. The summed E-state index contributed by atoms with van der Waals surface area (Å²) in [4.78, 5) is 21.4. The number of rotatable bonds is 7. The van der Waals surface area contributed by atoms with Gasteiger partial charge < -0.3 is 16.2 Å².